The highest BCUT2D eigenvalue weighted by molar-refractivity contribution is 5.62. The van der Waals surface area contributed by atoms with Crippen LogP contribution in [-0.4, -0.2) is 10.2 Å². The number of rotatable bonds is 3. The van der Waals surface area contributed by atoms with E-state index in [-0.39, 0.29) is 0 Å². The largest absolute Gasteiger partial charge is 0.421 e. The summed E-state index contributed by atoms with van der Waals surface area (Å²) in [5.41, 5.74) is 8.43. The lowest BCUT2D eigenvalue weighted by Gasteiger charge is -2.01. The molecule has 4 nitrogen and oxygen atoms in total. The molecule has 0 saturated heterocycles. The van der Waals surface area contributed by atoms with E-state index in [1.165, 1.54) is 0 Å². The molecule has 1 aromatic carbocycles. The van der Waals surface area contributed by atoms with Gasteiger partial charge in [-0.2, -0.15) is 0 Å². The van der Waals surface area contributed by atoms with E-state index in [1.54, 1.807) is 0 Å². The molecular formula is C12H15N3O. The van der Waals surface area contributed by atoms with Gasteiger partial charge < -0.3 is 10.2 Å². The summed E-state index contributed by atoms with van der Waals surface area (Å²) in [6, 6.07) is 5.65. The number of aryl methyl sites for hydroxylation is 2. The monoisotopic (exact) mass is 217 g/mol. The Balaban J connectivity index is 2.35. The van der Waals surface area contributed by atoms with Gasteiger partial charge in [0, 0.05) is 17.7 Å². The van der Waals surface area contributed by atoms with Crippen LogP contribution in [0.15, 0.2) is 22.6 Å². The molecule has 2 aromatic rings. The van der Waals surface area contributed by atoms with Crippen LogP contribution in [0, 0.1) is 6.92 Å². The zero-order valence-corrected chi connectivity index (χ0v) is 9.53. The van der Waals surface area contributed by atoms with Crippen molar-refractivity contribution in [3.8, 4) is 11.5 Å². The van der Waals surface area contributed by atoms with Gasteiger partial charge in [0.2, 0.25) is 11.8 Å². The van der Waals surface area contributed by atoms with Gasteiger partial charge in [-0.25, -0.2) is 0 Å². The Kier molecular flexibility index (Phi) is 2.90. The van der Waals surface area contributed by atoms with Gasteiger partial charge in [0.1, 0.15) is 0 Å². The predicted molar refractivity (Wildman–Crippen MR) is 62.9 cm³/mol. The molecule has 0 aliphatic heterocycles. The molecule has 0 atom stereocenters. The molecule has 2 N–H and O–H groups in total. The molecule has 2 rings (SSSR count). The van der Waals surface area contributed by atoms with Crippen molar-refractivity contribution in [1.29, 1.82) is 0 Å². The maximum Gasteiger partial charge on any atom is 0.248 e. The Labute approximate surface area is 94.5 Å². The zero-order chi connectivity index (χ0) is 11.5. The third-order valence-corrected chi connectivity index (χ3v) is 2.41. The molecule has 0 aliphatic carbocycles. The maximum atomic E-state index is 5.69. The molecule has 0 spiro atoms. The van der Waals surface area contributed by atoms with E-state index in [0.717, 1.165) is 29.7 Å². The van der Waals surface area contributed by atoms with E-state index in [1.807, 2.05) is 25.1 Å². The van der Waals surface area contributed by atoms with Gasteiger partial charge in [0.25, 0.3) is 0 Å². The molecule has 0 bridgehead atoms. The number of nitrogens with two attached hydrogens (primary N) is 1. The zero-order valence-electron chi connectivity index (χ0n) is 9.53. The lowest BCUT2D eigenvalue weighted by Crippen LogP contribution is -1.88. The van der Waals surface area contributed by atoms with Gasteiger partial charge in [-0.05, 0) is 37.1 Å². The van der Waals surface area contributed by atoms with E-state index >= 15 is 0 Å². The average Bonchev–Trinajstić information content (AvgIpc) is 2.67. The van der Waals surface area contributed by atoms with Crippen molar-refractivity contribution in [3.63, 3.8) is 0 Å². The molecule has 4 heteroatoms. The Hall–Kier alpha value is -1.84. The van der Waals surface area contributed by atoms with Gasteiger partial charge in [0.05, 0.1) is 0 Å². The Morgan fingerprint density at radius 2 is 2.12 bits per heavy atom. The highest BCUT2D eigenvalue weighted by Gasteiger charge is 2.10. The van der Waals surface area contributed by atoms with Gasteiger partial charge >= 0.3 is 0 Å². The number of anilines is 1. The number of hydrogen-bond donors (Lipinski definition) is 1. The molecule has 0 aliphatic rings. The fraction of sp³-hybridized carbons (Fsp3) is 0.333. The van der Waals surface area contributed by atoms with Crippen LogP contribution in [0.2, 0.25) is 0 Å². The van der Waals surface area contributed by atoms with Crippen molar-refractivity contribution in [2.24, 2.45) is 0 Å². The SMILES string of the molecule is CCCc1nnc(-c2ccc(N)cc2C)o1. The summed E-state index contributed by atoms with van der Waals surface area (Å²) in [5, 5.41) is 8.04. The number of nitrogen functional groups attached to an aromatic ring is 1. The average molecular weight is 217 g/mol. The molecule has 16 heavy (non-hydrogen) atoms. The Morgan fingerprint density at radius 1 is 1.31 bits per heavy atom. The first-order chi connectivity index (χ1) is 7.70. The fourth-order valence-electron chi connectivity index (χ4n) is 1.60. The van der Waals surface area contributed by atoms with Gasteiger partial charge in [-0.1, -0.05) is 6.92 Å². The minimum atomic E-state index is 0.570. The van der Waals surface area contributed by atoms with Crippen molar-refractivity contribution >= 4 is 5.69 Å². The molecule has 1 heterocycles. The molecule has 1 aromatic heterocycles. The van der Waals surface area contributed by atoms with E-state index in [9.17, 15) is 0 Å². The van der Waals surface area contributed by atoms with Crippen molar-refractivity contribution in [2.45, 2.75) is 26.7 Å². The summed E-state index contributed by atoms with van der Waals surface area (Å²) in [6.45, 7) is 4.06. The third-order valence-electron chi connectivity index (χ3n) is 2.41. The molecule has 0 saturated carbocycles. The smallest absolute Gasteiger partial charge is 0.248 e. The summed E-state index contributed by atoms with van der Waals surface area (Å²) in [5.74, 6) is 1.26. The topological polar surface area (TPSA) is 64.9 Å². The highest BCUT2D eigenvalue weighted by atomic mass is 16.4. The Morgan fingerprint density at radius 3 is 2.81 bits per heavy atom. The van der Waals surface area contributed by atoms with Crippen LogP contribution < -0.4 is 5.73 Å². The molecule has 0 unspecified atom stereocenters. The van der Waals surface area contributed by atoms with Gasteiger partial charge in [-0.15, -0.1) is 10.2 Å². The summed E-state index contributed by atoms with van der Waals surface area (Å²) in [7, 11) is 0. The van der Waals surface area contributed by atoms with Crippen LogP contribution in [0.4, 0.5) is 5.69 Å². The van der Waals surface area contributed by atoms with Crippen LogP contribution >= 0.6 is 0 Å². The minimum absolute atomic E-state index is 0.570. The molecule has 0 fully saturated rings. The van der Waals surface area contributed by atoms with Crippen LogP contribution in [-0.2, 0) is 6.42 Å². The van der Waals surface area contributed by atoms with Crippen LogP contribution in [0.5, 0.6) is 0 Å². The quantitative estimate of drug-likeness (QED) is 0.802. The predicted octanol–water partition coefficient (Wildman–Crippen LogP) is 2.58. The number of nitrogens with zero attached hydrogens (tertiary/aromatic N) is 2. The second kappa shape index (κ2) is 4.35. The van der Waals surface area contributed by atoms with E-state index in [0.29, 0.717) is 11.8 Å². The summed E-state index contributed by atoms with van der Waals surface area (Å²) < 4.78 is 5.57. The van der Waals surface area contributed by atoms with Crippen molar-refractivity contribution in [2.75, 3.05) is 5.73 Å². The van der Waals surface area contributed by atoms with Crippen LogP contribution in [0.1, 0.15) is 24.8 Å². The lowest BCUT2D eigenvalue weighted by atomic mass is 10.1. The van der Waals surface area contributed by atoms with Crippen molar-refractivity contribution in [3.05, 3.63) is 29.7 Å². The first kappa shape index (κ1) is 10.7. The standard InChI is InChI=1S/C12H15N3O/c1-3-4-11-14-15-12(16-11)10-6-5-9(13)7-8(10)2/h5-7H,3-4,13H2,1-2H3. The molecular weight excluding hydrogens is 202 g/mol. The first-order valence-electron chi connectivity index (χ1n) is 5.39. The number of benzene rings is 1. The van der Waals surface area contributed by atoms with Crippen LogP contribution in [0.25, 0.3) is 11.5 Å². The van der Waals surface area contributed by atoms with Crippen LogP contribution in [0.3, 0.4) is 0 Å². The van der Waals surface area contributed by atoms with Crippen molar-refractivity contribution < 1.29 is 4.42 Å². The molecule has 0 radical (unpaired) electrons. The molecule has 0 amide bonds. The minimum Gasteiger partial charge on any atom is -0.421 e. The second-order valence-electron chi connectivity index (χ2n) is 3.83. The summed E-state index contributed by atoms with van der Waals surface area (Å²) in [4.78, 5) is 0. The lowest BCUT2D eigenvalue weighted by molar-refractivity contribution is 0.502. The van der Waals surface area contributed by atoms with Gasteiger partial charge in [0.15, 0.2) is 0 Å². The fourth-order valence-corrected chi connectivity index (χ4v) is 1.60. The number of hydrogen-bond acceptors (Lipinski definition) is 4. The number of aromatic nitrogens is 2. The normalized spacial score (nSPS) is 10.6. The second-order valence-corrected chi connectivity index (χ2v) is 3.83. The molecule has 84 valence electrons. The third kappa shape index (κ3) is 2.05. The highest BCUT2D eigenvalue weighted by Crippen LogP contribution is 2.23. The van der Waals surface area contributed by atoms with E-state index < -0.39 is 0 Å². The maximum absolute atomic E-state index is 5.69. The van der Waals surface area contributed by atoms with E-state index in [2.05, 4.69) is 17.1 Å². The summed E-state index contributed by atoms with van der Waals surface area (Å²) in [6.07, 6.45) is 1.82. The Bertz CT molecular complexity index is 491. The summed E-state index contributed by atoms with van der Waals surface area (Å²) >= 11 is 0. The van der Waals surface area contributed by atoms with Crippen molar-refractivity contribution in [1.82, 2.24) is 10.2 Å². The van der Waals surface area contributed by atoms with Gasteiger partial charge in [-0.3, -0.25) is 0 Å². The van der Waals surface area contributed by atoms with E-state index in [4.69, 9.17) is 10.2 Å². The first-order valence-corrected chi connectivity index (χ1v) is 5.39.